The van der Waals surface area contributed by atoms with Gasteiger partial charge >= 0.3 is 5.97 Å². The third-order valence-corrected chi connectivity index (χ3v) is 7.37. The highest BCUT2D eigenvalue weighted by atomic mass is 16.5. The molecule has 3 heterocycles. The van der Waals surface area contributed by atoms with E-state index in [4.69, 9.17) is 4.74 Å². The molecule has 1 atom stereocenters. The average Bonchev–Trinajstić information content (AvgIpc) is 3.40. The van der Waals surface area contributed by atoms with E-state index < -0.39 is 5.54 Å². The smallest absolute Gasteiger partial charge is 0.325 e. The van der Waals surface area contributed by atoms with Crippen molar-refractivity contribution in [1.82, 2.24) is 14.8 Å². The predicted octanol–water partition coefficient (Wildman–Crippen LogP) is 3.54. The first-order chi connectivity index (χ1) is 16.0. The zero-order chi connectivity index (χ0) is 23.0. The van der Waals surface area contributed by atoms with Crippen LogP contribution in [0.5, 0.6) is 0 Å². The van der Waals surface area contributed by atoms with Gasteiger partial charge in [-0.1, -0.05) is 36.4 Å². The van der Waals surface area contributed by atoms with Crippen molar-refractivity contribution in [2.45, 2.75) is 31.3 Å². The van der Waals surface area contributed by atoms with Gasteiger partial charge in [-0.15, -0.1) is 0 Å². The van der Waals surface area contributed by atoms with Gasteiger partial charge in [-0.2, -0.15) is 0 Å². The summed E-state index contributed by atoms with van der Waals surface area (Å²) in [5, 5.41) is 1.25. The fourth-order valence-corrected chi connectivity index (χ4v) is 5.46. The monoisotopic (exact) mass is 446 g/mol. The van der Waals surface area contributed by atoms with Gasteiger partial charge in [-0.3, -0.25) is 14.5 Å². The van der Waals surface area contributed by atoms with Gasteiger partial charge in [0.05, 0.1) is 13.8 Å². The highest BCUT2D eigenvalue weighted by Crippen LogP contribution is 2.41. The zero-order valence-corrected chi connectivity index (χ0v) is 19.2. The van der Waals surface area contributed by atoms with Crippen molar-refractivity contribution in [2.75, 3.05) is 38.3 Å². The fraction of sp³-hybridized carbons (Fsp3) is 0.385. The van der Waals surface area contributed by atoms with Crippen LogP contribution in [0.2, 0.25) is 0 Å². The summed E-state index contributed by atoms with van der Waals surface area (Å²) in [5.41, 5.74) is 2.81. The molecule has 3 aromatic rings. The van der Waals surface area contributed by atoms with E-state index in [9.17, 15) is 9.59 Å². The Morgan fingerprint density at radius 1 is 1.09 bits per heavy atom. The number of para-hydroxylation sites is 2. The molecule has 33 heavy (non-hydrogen) atoms. The van der Waals surface area contributed by atoms with Crippen LogP contribution in [-0.4, -0.2) is 65.6 Å². The Labute approximate surface area is 193 Å². The normalized spacial score (nSPS) is 19.4. The van der Waals surface area contributed by atoms with Crippen LogP contribution in [0.25, 0.3) is 10.9 Å². The molecule has 7 nitrogen and oxygen atoms in total. The van der Waals surface area contributed by atoms with E-state index >= 15 is 0 Å². The Bertz CT molecular complexity index is 1150. The molecular weight excluding hydrogens is 416 g/mol. The molecule has 2 aliphatic rings. The number of hydrogen-bond acceptors (Lipinski definition) is 5. The highest BCUT2D eigenvalue weighted by Gasteiger charge is 2.54. The first-order valence-corrected chi connectivity index (χ1v) is 11.5. The quantitative estimate of drug-likeness (QED) is 0.607. The molecular formula is C26H30N4O3. The average molecular weight is 447 g/mol. The number of benzene rings is 2. The Morgan fingerprint density at radius 3 is 2.52 bits per heavy atom. The maximum Gasteiger partial charge on any atom is 0.325 e. The van der Waals surface area contributed by atoms with Crippen molar-refractivity contribution in [1.29, 1.82) is 0 Å². The topological polar surface area (TPSA) is 68.9 Å². The summed E-state index contributed by atoms with van der Waals surface area (Å²) in [6.45, 7) is 4.23. The molecule has 2 aliphatic heterocycles. The van der Waals surface area contributed by atoms with Crippen molar-refractivity contribution < 1.29 is 14.3 Å². The van der Waals surface area contributed by atoms with E-state index in [1.165, 1.54) is 18.1 Å². The van der Waals surface area contributed by atoms with Crippen LogP contribution in [0.4, 0.5) is 5.69 Å². The largest absolute Gasteiger partial charge is 0.468 e. The maximum atomic E-state index is 13.7. The molecule has 7 heteroatoms. The van der Waals surface area contributed by atoms with Gasteiger partial charge in [-0.05, 0) is 43.5 Å². The van der Waals surface area contributed by atoms with Gasteiger partial charge in [0.2, 0.25) is 0 Å². The molecule has 5 rings (SSSR count). The molecule has 1 unspecified atom stereocenters. The summed E-state index contributed by atoms with van der Waals surface area (Å²) in [6.07, 6.45) is 3.53. The standard InChI is InChI=1S/C26H30N4O3/c1-19(22-16-27-23-11-7-6-10-21(22)23)28-14-12-26(13-15-28)25(32)29(17-24(31)33-2)18-30(26)20-8-4-3-5-9-20/h3-11,16,19,27H,12-15,17-18H2,1-2H3. The summed E-state index contributed by atoms with van der Waals surface area (Å²) in [4.78, 5) is 35.3. The number of methoxy groups -OCH3 is 1. The van der Waals surface area contributed by atoms with E-state index in [1.54, 1.807) is 4.90 Å². The van der Waals surface area contributed by atoms with Gasteiger partial charge in [0.1, 0.15) is 12.1 Å². The summed E-state index contributed by atoms with van der Waals surface area (Å²) >= 11 is 0. The third kappa shape index (κ3) is 3.66. The number of likely N-dealkylation sites (tertiary alicyclic amines) is 1. The Kier molecular flexibility index (Phi) is 5.58. The van der Waals surface area contributed by atoms with Gasteiger partial charge in [0, 0.05) is 41.9 Å². The molecule has 1 N–H and O–H groups in total. The number of amides is 1. The minimum Gasteiger partial charge on any atom is -0.468 e. The molecule has 1 amide bonds. The summed E-state index contributed by atoms with van der Waals surface area (Å²) in [5.74, 6) is -0.366. The number of aromatic nitrogens is 1. The molecule has 172 valence electrons. The number of aromatic amines is 1. The van der Waals surface area contributed by atoms with Crippen LogP contribution in [0.3, 0.4) is 0 Å². The number of ether oxygens (including phenoxy) is 1. The molecule has 0 bridgehead atoms. The number of nitrogens with one attached hydrogen (secondary N) is 1. The Morgan fingerprint density at radius 2 is 1.79 bits per heavy atom. The van der Waals surface area contributed by atoms with Crippen molar-refractivity contribution in [3.8, 4) is 0 Å². The van der Waals surface area contributed by atoms with E-state index in [-0.39, 0.29) is 24.5 Å². The lowest BCUT2D eigenvalue weighted by Gasteiger charge is -2.45. The zero-order valence-electron chi connectivity index (χ0n) is 19.2. The van der Waals surface area contributed by atoms with E-state index in [1.807, 2.05) is 36.4 Å². The fourth-order valence-electron chi connectivity index (χ4n) is 5.46. The van der Waals surface area contributed by atoms with Gasteiger partial charge in [0.15, 0.2) is 0 Å². The lowest BCUT2D eigenvalue weighted by molar-refractivity contribution is -0.147. The van der Waals surface area contributed by atoms with Crippen molar-refractivity contribution in [3.05, 3.63) is 66.4 Å². The number of rotatable bonds is 5. The van der Waals surface area contributed by atoms with E-state index in [0.717, 1.165) is 24.3 Å². The predicted molar refractivity (Wildman–Crippen MR) is 128 cm³/mol. The SMILES string of the molecule is COC(=O)CN1CN(c2ccccc2)C2(CCN(C(C)c3c[nH]c4ccccc34)CC2)C1=O. The van der Waals surface area contributed by atoms with E-state index in [0.29, 0.717) is 19.5 Å². The summed E-state index contributed by atoms with van der Waals surface area (Å²) in [7, 11) is 1.36. The Hall–Kier alpha value is -3.32. The van der Waals surface area contributed by atoms with Crippen LogP contribution in [-0.2, 0) is 14.3 Å². The van der Waals surface area contributed by atoms with Crippen LogP contribution >= 0.6 is 0 Å². The van der Waals surface area contributed by atoms with Crippen LogP contribution in [0.1, 0.15) is 31.4 Å². The van der Waals surface area contributed by atoms with Gasteiger partial charge in [-0.25, -0.2) is 0 Å². The molecule has 2 aromatic carbocycles. The number of carbonyl (C=O) groups is 2. The molecule has 0 saturated carbocycles. The number of piperidine rings is 1. The second kappa shape index (κ2) is 8.56. The molecule has 0 aliphatic carbocycles. The number of anilines is 1. The highest BCUT2D eigenvalue weighted by molar-refractivity contribution is 5.95. The number of H-pyrrole nitrogens is 1. The molecule has 2 saturated heterocycles. The third-order valence-electron chi connectivity index (χ3n) is 7.37. The number of carbonyl (C=O) groups excluding carboxylic acids is 2. The van der Waals surface area contributed by atoms with Crippen LogP contribution in [0, 0.1) is 0 Å². The number of hydrogen-bond donors (Lipinski definition) is 1. The number of esters is 1. The minimum absolute atomic E-state index is 0.0180. The molecule has 0 radical (unpaired) electrons. The minimum atomic E-state index is -0.633. The lowest BCUT2D eigenvalue weighted by atomic mass is 9.84. The molecule has 2 fully saturated rings. The second-order valence-electron chi connectivity index (χ2n) is 9.02. The van der Waals surface area contributed by atoms with Crippen LogP contribution in [0.15, 0.2) is 60.8 Å². The first kappa shape index (κ1) is 21.5. The van der Waals surface area contributed by atoms with Crippen LogP contribution < -0.4 is 4.90 Å². The van der Waals surface area contributed by atoms with Crippen molar-refractivity contribution >= 4 is 28.5 Å². The number of fused-ring (bicyclic) bond motifs is 1. The first-order valence-electron chi connectivity index (χ1n) is 11.5. The number of nitrogens with zero attached hydrogens (tertiary/aromatic N) is 3. The van der Waals surface area contributed by atoms with Crippen molar-refractivity contribution in [3.63, 3.8) is 0 Å². The maximum absolute atomic E-state index is 13.7. The van der Waals surface area contributed by atoms with Gasteiger partial charge < -0.3 is 19.5 Å². The second-order valence-corrected chi connectivity index (χ2v) is 9.02. The van der Waals surface area contributed by atoms with Crippen molar-refractivity contribution in [2.24, 2.45) is 0 Å². The van der Waals surface area contributed by atoms with Gasteiger partial charge in [0.25, 0.3) is 5.91 Å². The molecule has 1 spiro atoms. The summed E-state index contributed by atoms with van der Waals surface area (Å²) < 4.78 is 4.84. The summed E-state index contributed by atoms with van der Waals surface area (Å²) in [6, 6.07) is 18.7. The Balaban J connectivity index is 1.39. The molecule has 1 aromatic heterocycles. The lowest BCUT2D eigenvalue weighted by Crippen LogP contribution is -2.56. The van der Waals surface area contributed by atoms with E-state index in [2.05, 4.69) is 46.1 Å².